The standard InChI is InChI=1S/C18H22N4OS/c1-12-14(3)22(9-10-23-4)18(20-12)24-11-17-13(2)19-15-7-5-6-8-16(15)21-17/h5-8H,9-11H2,1-4H3. The molecule has 0 amide bonds. The Labute approximate surface area is 146 Å². The van der Waals surface area contributed by atoms with Crippen LogP contribution in [0.3, 0.4) is 0 Å². The number of para-hydroxylation sites is 2. The van der Waals surface area contributed by atoms with Crippen LogP contribution in [0.5, 0.6) is 0 Å². The number of thioether (sulfide) groups is 1. The molecule has 0 bridgehead atoms. The van der Waals surface area contributed by atoms with E-state index in [0.29, 0.717) is 6.61 Å². The van der Waals surface area contributed by atoms with Gasteiger partial charge >= 0.3 is 0 Å². The molecule has 6 heteroatoms. The molecule has 1 aromatic carbocycles. The first-order valence-corrected chi connectivity index (χ1v) is 8.96. The summed E-state index contributed by atoms with van der Waals surface area (Å²) in [7, 11) is 1.72. The smallest absolute Gasteiger partial charge is 0.168 e. The Morgan fingerprint density at radius 2 is 1.71 bits per heavy atom. The van der Waals surface area contributed by atoms with E-state index in [1.807, 2.05) is 38.1 Å². The van der Waals surface area contributed by atoms with Crippen molar-refractivity contribution in [2.45, 2.75) is 38.2 Å². The van der Waals surface area contributed by atoms with E-state index < -0.39 is 0 Å². The molecule has 3 aromatic rings. The Morgan fingerprint density at radius 1 is 1.00 bits per heavy atom. The Kier molecular flexibility index (Phi) is 5.16. The molecule has 126 valence electrons. The Balaban J connectivity index is 1.83. The monoisotopic (exact) mass is 342 g/mol. The van der Waals surface area contributed by atoms with Crippen LogP contribution in [-0.4, -0.2) is 33.2 Å². The number of fused-ring (bicyclic) bond motifs is 1. The van der Waals surface area contributed by atoms with Gasteiger partial charge in [0, 0.05) is 25.1 Å². The number of hydrogen-bond donors (Lipinski definition) is 0. The van der Waals surface area contributed by atoms with Crippen LogP contribution >= 0.6 is 11.8 Å². The van der Waals surface area contributed by atoms with Crippen molar-refractivity contribution in [1.82, 2.24) is 19.5 Å². The molecular weight excluding hydrogens is 320 g/mol. The molecule has 0 saturated carbocycles. The average molecular weight is 342 g/mol. The van der Waals surface area contributed by atoms with E-state index in [4.69, 9.17) is 14.7 Å². The predicted octanol–water partition coefficient (Wildman–Crippen LogP) is 3.69. The summed E-state index contributed by atoms with van der Waals surface area (Å²) >= 11 is 1.70. The lowest BCUT2D eigenvalue weighted by Gasteiger charge is -2.10. The van der Waals surface area contributed by atoms with Gasteiger partial charge in [0.25, 0.3) is 0 Å². The number of imidazole rings is 1. The Bertz CT molecular complexity index is 860. The molecule has 0 atom stereocenters. The average Bonchev–Trinajstić information content (AvgIpc) is 2.85. The quantitative estimate of drug-likeness (QED) is 0.640. The normalized spacial score (nSPS) is 11.3. The maximum absolute atomic E-state index is 5.21. The summed E-state index contributed by atoms with van der Waals surface area (Å²) in [6, 6.07) is 7.98. The summed E-state index contributed by atoms with van der Waals surface area (Å²) in [5.74, 6) is 0.756. The van der Waals surface area contributed by atoms with Gasteiger partial charge in [-0.15, -0.1) is 0 Å². The van der Waals surface area contributed by atoms with Gasteiger partial charge in [0.2, 0.25) is 0 Å². The van der Waals surface area contributed by atoms with Gasteiger partial charge in [-0.25, -0.2) is 15.0 Å². The van der Waals surface area contributed by atoms with E-state index in [-0.39, 0.29) is 0 Å². The van der Waals surface area contributed by atoms with Gasteiger partial charge in [0.1, 0.15) is 0 Å². The van der Waals surface area contributed by atoms with Gasteiger partial charge in [-0.05, 0) is 32.9 Å². The molecule has 0 unspecified atom stereocenters. The van der Waals surface area contributed by atoms with Crippen molar-refractivity contribution >= 4 is 22.8 Å². The summed E-state index contributed by atoms with van der Waals surface area (Å²) in [6.07, 6.45) is 0. The summed E-state index contributed by atoms with van der Waals surface area (Å²) in [4.78, 5) is 14.1. The summed E-state index contributed by atoms with van der Waals surface area (Å²) in [6.45, 7) is 7.66. The fourth-order valence-corrected chi connectivity index (χ4v) is 3.70. The Hall–Kier alpha value is -1.92. The second-order valence-electron chi connectivity index (χ2n) is 5.74. The highest BCUT2D eigenvalue weighted by Gasteiger charge is 2.13. The number of methoxy groups -OCH3 is 1. The Morgan fingerprint density at radius 3 is 2.42 bits per heavy atom. The molecule has 0 saturated heterocycles. The largest absolute Gasteiger partial charge is 0.383 e. The molecule has 0 spiro atoms. The van der Waals surface area contributed by atoms with Crippen molar-refractivity contribution in [3.05, 3.63) is 47.0 Å². The van der Waals surface area contributed by atoms with Crippen molar-refractivity contribution < 1.29 is 4.74 Å². The molecule has 2 aromatic heterocycles. The van der Waals surface area contributed by atoms with Crippen molar-refractivity contribution in [2.75, 3.05) is 13.7 Å². The van der Waals surface area contributed by atoms with Crippen LogP contribution in [0.25, 0.3) is 11.0 Å². The number of aryl methyl sites for hydroxylation is 2. The number of benzene rings is 1. The topological polar surface area (TPSA) is 52.8 Å². The van der Waals surface area contributed by atoms with Crippen molar-refractivity contribution in [3.8, 4) is 0 Å². The molecule has 0 N–H and O–H groups in total. The minimum atomic E-state index is 0.680. The van der Waals surface area contributed by atoms with E-state index in [2.05, 4.69) is 16.5 Å². The van der Waals surface area contributed by atoms with Crippen LogP contribution in [0.15, 0.2) is 29.4 Å². The fraction of sp³-hybridized carbons (Fsp3) is 0.389. The third-order valence-corrected chi connectivity index (χ3v) is 5.11. The first kappa shape index (κ1) is 16.9. The SMILES string of the molecule is COCCn1c(SCc2nc3ccccc3nc2C)nc(C)c1C. The van der Waals surface area contributed by atoms with Crippen molar-refractivity contribution in [2.24, 2.45) is 0 Å². The van der Waals surface area contributed by atoms with Crippen molar-refractivity contribution in [1.29, 1.82) is 0 Å². The lowest BCUT2D eigenvalue weighted by molar-refractivity contribution is 0.184. The van der Waals surface area contributed by atoms with E-state index in [9.17, 15) is 0 Å². The maximum atomic E-state index is 5.21. The summed E-state index contributed by atoms with van der Waals surface area (Å²) < 4.78 is 7.43. The second-order valence-corrected chi connectivity index (χ2v) is 6.69. The molecule has 5 nitrogen and oxygen atoms in total. The summed E-state index contributed by atoms with van der Waals surface area (Å²) in [5, 5.41) is 1.01. The number of nitrogens with zero attached hydrogens (tertiary/aromatic N) is 4. The van der Waals surface area contributed by atoms with Gasteiger partial charge in [0.15, 0.2) is 5.16 Å². The second kappa shape index (κ2) is 7.32. The van der Waals surface area contributed by atoms with Crippen LogP contribution in [0, 0.1) is 20.8 Å². The number of hydrogen-bond acceptors (Lipinski definition) is 5. The molecular formula is C18H22N4OS. The molecule has 0 aliphatic carbocycles. The molecule has 24 heavy (non-hydrogen) atoms. The van der Waals surface area contributed by atoms with Crippen LogP contribution in [-0.2, 0) is 17.0 Å². The fourth-order valence-electron chi connectivity index (χ4n) is 2.57. The summed E-state index contributed by atoms with van der Waals surface area (Å²) in [5.41, 5.74) is 6.12. The van der Waals surface area contributed by atoms with Crippen LogP contribution < -0.4 is 0 Å². The molecule has 0 radical (unpaired) electrons. The predicted molar refractivity (Wildman–Crippen MR) is 97.4 cm³/mol. The van der Waals surface area contributed by atoms with Gasteiger partial charge in [-0.1, -0.05) is 23.9 Å². The highest BCUT2D eigenvalue weighted by molar-refractivity contribution is 7.98. The van der Waals surface area contributed by atoms with Gasteiger partial charge in [0.05, 0.1) is 34.7 Å². The van der Waals surface area contributed by atoms with Gasteiger partial charge in [-0.2, -0.15) is 0 Å². The van der Waals surface area contributed by atoms with Crippen LogP contribution in [0.1, 0.15) is 22.8 Å². The number of ether oxygens (including phenoxy) is 1. The third kappa shape index (κ3) is 3.44. The molecule has 0 aliphatic heterocycles. The molecule has 0 fully saturated rings. The molecule has 3 rings (SSSR count). The lowest BCUT2D eigenvalue weighted by atomic mass is 10.2. The van der Waals surface area contributed by atoms with E-state index in [1.165, 1.54) is 5.69 Å². The maximum Gasteiger partial charge on any atom is 0.168 e. The van der Waals surface area contributed by atoms with Crippen LogP contribution in [0.4, 0.5) is 0 Å². The third-order valence-electron chi connectivity index (χ3n) is 4.12. The first-order chi connectivity index (χ1) is 11.6. The number of rotatable bonds is 6. The number of aromatic nitrogens is 4. The zero-order valence-electron chi connectivity index (χ0n) is 14.5. The van der Waals surface area contributed by atoms with E-state index >= 15 is 0 Å². The highest BCUT2D eigenvalue weighted by atomic mass is 32.2. The lowest BCUT2D eigenvalue weighted by Crippen LogP contribution is -2.07. The van der Waals surface area contributed by atoms with Gasteiger partial charge in [-0.3, -0.25) is 0 Å². The minimum absolute atomic E-state index is 0.680. The zero-order chi connectivity index (χ0) is 17.1. The molecule has 0 aliphatic rings. The van der Waals surface area contributed by atoms with Crippen molar-refractivity contribution in [3.63, 3.8) is 0 Å². The van der Waals surface area contributed by atoms with Gasteiger partial charge < -0.3 is 9.30 Å². The minimum Gasteiger partial charge on any atom is -0.383 e. The zero-order valence-corrected chi connectivity index (χ0v) is 15.4. The highest BCUT2D eigenvalue weighted by Crippen LogP contribution is 2.25. The molecule has 2 heterocycles. The van der Waals surface area contributed by atoms with E-state index in [1.54, 1.807) is 18.9 Å². The van der Waals surface area contributed by atoms with Crippen LogP contribution in [0.2, 0.25) is 0 Å². The van der Waals surface area contributed by atoms with E-state index in [0.717, 1.165) is 45.6 Å². The first-order valence-electron chi connectivity index (χ1n) is 7.98.